The highest BCUT2D eigenvalue weighted by molar-refractivity contribution is 7.15. The van der Waals surface area contributed by atoms with Crippen molar-refractivity contribution in [2.45, 2.75) is 19.3 Å². The smallest absolute Gasteiger partial charge is 0.240 e. The number of hydrogen-bond donors (Lipinski definition) is 2. The summed E-state index contributed by atoms with van der Waals surface area (Å²) in [6.45, 7) is 2.39. The number of carbonyl (C=O) groups is 1. The van der Waals surface area contributed by atoms with Gasteiger partial charge in [0, 0.05) is 5.92 Å². The molecule has 1 unspecified atom stereocenters. The number of benzene rings is 1. The molecular weight excluding hydrogens is 308 g/mol. The number of anilines is 1. The fraction of sp³-hybridized carbons (Fsp3) is 0.357. The van der Waals surface area contributed by atoms with Crippen LogP contribution in [-0.4, -0.2) is 29.7 Å². The highest BCUT2D eigenvalue weighted by Gasteiger charge is 2.17. The molecule has 0 aliphatic rings. The van der Waals surface area contributed by atoms with E-state index in [4.69, 9.17) is 0 Å². The first-order chi connectivity index (χ1) is 9.74. The van der Waals surface area contributed by atoms with Crippen LogP contribution in [0.1, 0.15) is 29.8 Å². The van der Waals surface area contributed by atoms with Crippen molar-refractivity contribution in [1.82, 2.24) is 15.5 Å². The second-order valence-electron chi connectivity index (χ2n) is 4.40. The molecule has 2 N–H and O–H groups in total. The number of likely N-dealkylation sites (N-methyl/N-ethyl adjacent to an activating group) is 1. The van der Waals surface area contributed by atoms with Crippen LogP contribution in [0, 0.1) is 0 Å². The number of aromatic nitrogens is 2. The fourth-order valence-electron chi connectivity index (χ4n) is 1.99. The van der Waals surface area contributed by atoms with Gasteiger partial charge in [0.15, 0.2) is 0 Å². The van der Waals surface area contributed by atoms with Crippen molar-refractivity contribution in [1.29, 1.82) is 0 Å². The van der Waals surface area contributed by atoms with Gasteiger partial charge in [-0.1, -0.05) is 48.6 Å². The van der Waals surface area contributed by atoms with Gasteiger partial charge in [0.1, 0.15) is 5.01 Å². The number of carbonyl (C=O) groups excluding carboxylic acids is 1. The minimum absolute atomic E-state index is 0. The zero-order valence-electron chi connectivity index (χ0n) is 12.0. The summed E-state index contributed by atoms with van der Waals surface area (Å²) < 4.78 is 0. The van der Waals surface area contributed by atoms with Gasteiger partial charge >= 0.3 is 0 Å². The zero-order valence-corrected chi connectivity index (χ0v) is 13.6. The first-order valence-electron chi connectivity index (χ1n) is 6.57. The van der Waals surface area contributed by atoms with Crippen LogP contribution in [0.2, 0.25) is 0 Å². The molecule has 0 radical (unpaired) electrons. The van der Waals surface area contributed by atoms with Crippen LogP contribution in [-0.2, 0) is 4.79 Å². The number of nitrogens with one attached hydrogen (secondary N) is 2. The monoisotopic (exact) mass is 326 g/mol. The second kappa shape index (κ2) is 8.71. The normalized spacial score (nSPS) is 11.5. The minimum atomic E-state index is -0.108. The molecule has 21 heavy (non-hydrogen) atoms. The van der Waals surface area contributed by atoms with Gasteiger partial charge in [-0.2, -0.15) is 0 Å². The number of amides is 1. The topological polar surface area (TPSA) is 66.9 Å². The van der Waals surface area contributed by atoms with E-state index in [0.717, 1.165) is 11.4 Å². The average molecular weight is 327 g/mol. The number of nitrogens with zero attached hydrogens (tertiary/aromatic N) is 2. The molecule has 0 aliphatic carbocycles. The molecular formula is C14H19ClN4OS. The quantitative estimate of drug-likeness (QED) is 0.856. The van der Waals surface area contributed by atoms with E-state index in [1.807, 2.05) is 18.2 Å². The Hall–Kier alpha value is -1.50. The van der Waals surface area contributed by atoms with Crippen LogP contribution in [0.3, 0.4) is 0 Å². The van der Waals surface area contributed by atoms with Gasteiger partial charge in [0.2, 0.25) is 11.0 Å². The third-order valence-corrected chi connectivity index (χ3v) is 3.88. The van der Waals surface area contributed by atoms with E-state index in [1.54, 1.807) is 7.05 Å². The van der Waals surface area contributed by atoms with Crippen LogP contribution >= 0.6 is 23.7 Å². The lowest BCUT2D eigenvalue weighted by molar-refractivity contribution is -0.115. The third-order valence-electron chi connectivity index (χ3n) is 2.93. The first kappa shape index (κ1) is 17.6. The molecule has 1 aromatic heterocycles. The molecule has 0 saturated heterocycles. The Kier molecular flexibility index (Phi) is 7.28. The summed E-state index contributed by atoms with van der Waals surface area (Å²) in [6.07, 6.45) is 0.948. The predicted octanol–water partition coefficient (Wildman–Crippen LogP) is 2.66. The lowest BCUT2D eigenvalue weighted by Gasteiger charge is -2.10. The largest absolute Gasteiger partial charge is 0.311 e. The van der Waals surface area contributed by atoms with Crippen molar-refractivity contribution in [3.05, 3.63) is 40.9 Å². The maximum atomic E-state index is 11.5. The summed E-state index contributed by atoms with van der Waals surface area (Å²) in [4.78, 5) is 11.5. The Morgan fingerprint density at radius 3 is 2.62 bits per heavy atom. The molecule has 0 bridgehead atoms. The molecule has 2 aromatic rings. The van der Waals surface area contributed by atoms with Gasteiger partial charge in [0.05, 0.1) is 6.54 Å². The summed E-state index contributed by atoms with van der Waals surface area (Å²) in [7, 11) is 1.73. The van der Waals surface area contributed by atoms with E-state index in [2.05, 4.69) is 39.9 Å². The molecule has 5 nitrogen and oxygen atoms in total. The SMILES string of the molecule is CCC(c1ccccc1)c1nnc(NC(=O)CNC)s1.Cl. The van der Waals surface area contributed by atoms with Crippen molar-refractivity contribution in [3.8, 4) is 0 Å². The highest BCUT2D eigenvalue weighted by atomic mass is 35.5. The zero-order chi connectivity index (χ0) is 14.4. The predicted molar refractivity (Wildman–Crippen MR) is 88.3 cm³/mol. The van der Waals surface area contributed by atoms with Crippen LogP contribution in [0.4, 0.5) is 5.13 Å². The molecule has 1 heterocycles. The molecule has 0 aliphatic heterocycles. The van der Waals surface area contributed by atoms with E-state index >= 15 is 0 Å². The van der Waals surface area contributed by atoms with E-state index in [0.29, 0.717) is 5.13 Å². The Balaban J connectivity index is 0.00000220. The molecule has 1 atom stereocenters. The summed E-state index contributed by atoms with van der Waals surface area (Å²) >= 11 is 1.43. The Labute approximate surface area is 134 Å². The number of halogens is 1. The van der Waals surface area contributed by atoms with Gasteiger partial charge in [0.25, 0.3) is 0 Å². The molecule has 0 saturated carbocycles. The van der Waals surface area contributed by atoms with Crippen LogP contribution in [0.25, 0.3) is 0 Å². The minimum Gasteiger partial charge on any atom is -0.311 e. The lowest BCUT2D eigenvalue weighted by Crippen LogP contribution is -2.24. The summed E-state index contributed by atoms with van der Waals surface area (Å²) in [5.74, 6) is 0.117. The maximum Gasteiger partial charge on any atom is 0.240 e. The van der Waals surface area contributed by atoms with E-state index in [9.17, 15) is 4.79 Å². The maximum absolute atomic E-state index is 11.5. The number of rotatable bonds is 6. The Bertz CT molecular complexity index is 561. The summed E-state index contributed by atoms with van der Waals surface area (Å²) in [5.41, 5.74) is 1.22. The molecule has 1 amide bonds. The van der Waals surface area contributed by atoms with Crippen LogP contribution < -0.4 is 10.6 Å². The molecule has 1 aromatic carbocycles. The van der Waals surface area contributed by atoms with Crippen molar-refractivity contribution < 1.29 is 4.79 Å². The Morgan fingerprint density at radius 1 is 1.29 bits per heavy atom. The Morgan fingerprint density at radius 2 is 2.00 bits per heavy atom. The third kappa shape index (κ3) is 4.77. The number of hydrogen-bond acceptors (Lipinski definition) is 5. The van der Waals surface area contributed by atoms with Gasteiger partial charge in [-0.25, -0.2) is 0 Å². The molecule has 0 spiro atoms. The summed E-state index contributed by atoms with van der Waals surface area (Å²) in [5, 5.41) is 15.3. The first-order valence-corrected chi connectivity index (χ1v) is 7.39. The standard InChI is InChI=1S/C14H18N4OS.ClH/c1-3-11(10-7-5-4-6-8-10)13-17-18-14(20-13)16-12(19)9-15-2;/h4-8,11,15H,3,9H2,1-2H3,(H,16,18,19);1H. The molecule has 7 heteroatoms. The fourth-order valence-corrected chi connectivity index (χ4v) is 2.96. The van der Waals surface area contributed by atoms with E-state index in [-0.39, 0.29) is 30.8 Å². The van der Waals surface area contributed by atoms with Crippen LogP contribution in [0.5, 0.6) is 0 Å². The molecule has 114 valence electrons. The van der Waals surface area contributed by atoms with Gasteiger partial charge in [-0.05, 0) is 19.0 Å². The van der Waals surface area contributed by atoms with E-state index < -0.39 is 0 Å². The van der Waals surface area contributed by atoms with Gasteiger partial charge in [-0.15, -0.1) is 22.6 Å². The second-order valence-corrected chi connectivity index (χ2v) is 5.40. The lowest BCUT2D eigenvalue weighted by atomic mass is 9.97. The summed E-state index contributed by atoms with van der Waals surface area (Å²) in [6, 6.07) is 10.2. The van der Waals surface area contributed by atoms with Crippen molar-refractivity contribution >= 4 is 34.8 Å². The van der Waals surface area contributed by atoms with Gasteiger partial charge in [-0.3, -0.25) is 10.1 Å². The average Bonchev–Trinajstić information content (AvgIpc) is 2.89. The van der Waals surface area contributed by atoms with E-state index in [1.165, 1.54) is 16.9 Å². The molecule has 0 fully saturated rings. The van der Waals surface area contributed by atoms with Crippen molar-refractivity contribution in [3.63, 3.8) is 0 Å². The highest BCUT2D eigenvalue weighted by Crippen LogP contribution is 2.31. The van der Waals surface area contributed by atoms with Crippen molar-refractivity contribution in [2.24, 2.45) is 0 Å². The van der Waals surface area contributed by atoms with Gasteiger partial charge < -0.3 is 5.32 Å². The molecule has 2 rings (SSSR count). The van der Waals surface area contributed by atoms with Crippen LogP contribution in [0.15, 0.2) is 30.3 Å². The van der Waals surface area contributed by atoms with Crippen molar-refractivity contribution in [2.75, 3.05) is 18.9 Å².